The SMILES string of the molecule is CN(CCSc1ccc(CC(Nc2ccccc2C(=O)c2ccccc2)C(=O)O)cc1)c1cccc(N(C)CCSc2ccc(CC(Nc3ccccc3C(=O)c3ccccc3)C(=O)O)cc2)n1. The first-order chi connectivity index (χ1) is 33.0. The predicted molar refractivity (Wildman–Crippen MR) is 275 cm³/mol. The van der Waals surface area contributed by atoms with Gasteiger partial charge in [-0.3, -0.25) is 9.59 Å². The molecule has 0 bridgehead atoms. The summed E-state index contributed by atoms with van der Waals surface area (Å²) in [5.41, 5.74) is 4.62. The Hall–Kier alpha value is -7.35. The second-order valence-electron chi connectivity index (χ2n) is 16.1. The van der Waals surface area contributed by atoms with Crippen molar-refractivity contribution in [2.45, 2.75) is 34.7 Å². The summed E-state index contributed by atoms with van der Waals surface area (Å²) in [6.07, 6.45) is 0.486. The number of rotatable bonds is 24. The third-order valence-corrected chi connectivity index (χ3v) is 13.3. The number of nitrogens with zero attached hydrogens (tertiary/aromatic N) is 3. The van der Waals surface area contributed by atoms with Crippen molar-refractivity contribution in [3.8, 4) is 0 Å². The van der Waals surface area contributed by atoms with Gasteiger partial charge in [0.05, 0.1) is 0 Å². The molecule has 2 atom stereocenters. The molecule has 0 saturated carbocycles. The number of anilines is 4. The van der Waals surface area contributed by atoms with E-state index in [9.17, 15) is 29.4 Å². The minimum atomic E-state index is -1.00. The van der Waals surface area contributed by atoms with Gasteiger partial charge in [-0.25, -0.2) is 14.6 Å². The highest BCUT2D eigenvalue weighted by Gasteiger charge is 2.23. The molecule has 13 heteroatoms. The van der Waals surface area contributed by atoms with Crippen LogP contribution in [-0.4, -0.2) is 89.5 Å². The summed E-state index contributed by atoms with van der Waals surface area (Å²) in [7, 11) is 4.06. The molecule has 1 heterocycles. The molecule has 1 aromatic heterocycles. The van der Waals surface area contributed by atoms with Gasteiger partial charge >= 0.3 is 11.9 Å². The van der Waals surface area contributed by atoms with E-state index < -0.39 is 24.0 Å². The highest BCUT2D eigenvalue weighted by molar-refractivity contribution is 7.99. The minimum absolute atomic E-state index is 0.173. The molecule has 0 aliphatic rings. The molecule has 0 aliphatic carbocycles. The highest BCUT2D eigenvalue weighted by atomic mass is 32.2. The zero-order valence-corrected chi connectivity index (χ0v) is 39.5. The molecular formula is C55H53N5O6S2. The normalized spacial score (nSPS) is 11.8. The smallest absolute Gasteiger partial charge is 0.326 e. The molecule has 0 saturated heterocycles. The topological polar surface area (TPSA) is 152 Å². The number of carbonyl (C=O) groups is 4. The van der Waals surface area contributed by atoms with Gasteiger partial charge in [-0.2, -0.15) is 0 Å². The average molecular weight is 944 g/mol. The summed E-state index contributed by atoms with van der Waals surface area (Å²) in [5, 5.41) is 26.4. The van der Waals surface area contributed by atoms with E-state index in [0.29, 0.717) is 33.6 Å². The molecule has 7 aromatic rings. The second kappa shape index (κ2) is 23.9. The van der Waals surface area contributed by atoms with E-state index in [1.807, 2.05) is 93.0 Å². The lowest BCUT2D eigenvalue weighted by molar-refractivity contribution is -0.138. The van der Waals surface area contributed by atoms with Crippen LogP contribution >= 0.6 is 23.5 Å². The Labute approximate surface area is 405 Å². The highest BCUT2D eigenvalue weighted by Crippen LogP contribution is 2.26. The van der Waals surface area contributed by atoms with Gasteiger partial charge in [-0.1, -0.05) is 115 Å². The Balaban J connectivity index is 0.849. The van der Waals surface area contributed by atoms with Crippen molar-refractivity contribution in [3.63, 3.8) is 0 Å². The number of para-hydroxylation sites is 2. The summed E-state index contributed by atoms with van der Waals surface area (Å²) in [6.45, 7) is 1.52. The molecule has 0 aliphatic heterocycles. The van der Waals surface area contributed by atoms with Gasteiger partial charge in [0.1, 0.15) is 23.7 Å². The number of carbonyl (C=O) groups excluding carboxylic acids is 2. The van der Waals surface area contributed by atoms with Crippen molar-refractivity contribution in [2.24, 2.45) is 0 Å². The quantitative estimate of drug-likeness (QED) is 0.0336. The molecule has 346 valence electrons. The molecule has 68 heavy (non-hydrogen) atoms. The van der Waals surface area contributed by atoms with E-state index in [-0.39, 0.29) is 24.4 Å². The second-order valence-corrected chi connectivity index (χ2v) is 18.5. The number of thioether (sulfide) groups is 2. The third-order valence-electron chi connectivity index (χ3n) is 11.3. The molecule has 0 radical (unpaired) electrons. The average Bonchev–Trinajstić information content (AvgIpc) is 3.37. The van der Waals surface area contributed by atoms with Crippen LogP contribution in [0.15, 0.2) is 186 Å². The van der Waals surface area contributed by atoms with E-state index in [4.69, 9.17) is 4.98 Å². The van der Waals surface area contributed by atoms with Crippen LogP contribution in [0.5, 0.6) is 0 Å². The van der Waals surface area contributed by atoms with Crippen LogP contribution < -0.4 is 20.4 Å². The Morgan fingerprint density at radius 2 is 0.853 bits per heavy atom. The van der Waals surface area contributed by atoms with Gasteiger partial charge in [0.2, 0.25) is 0 Å². The Morgan fingerprint density at radius 3 is 1.24 bits per heavy atom. The van der Waals surface area contributed by atoms with E-state index in [0.717, 1.165) is 57.1 Å². The van der Waals surface area contributed by atoms with Crippen LogP contribution in [0, 0.1) is 0 Å². The fourth-order valence-corrected chi connectivity index (χ4v) is 9.32. The fourth-order valence-electron chi connectivity index (χ4n) is 7.46. The van der Waals surface area contributed by atoms with Crippen LogP contribution in [0.4, 0.5) is 23.0 Å². The first kappa shape index (κ1) is 48.6. The van der Waals surface area contributed by atoms with Crippen molar-refractivity contribution >= 4 is 70.0 Å². The zero-order valence-electron chi connectivity index (χ0n) is 37.8. The number of ketones is 2. The minimum Gasteiger partial charge on any atom is -0.480 e. The maximum absolute atomic E-state index is 13.2. The molecule has 4 N–H and O–H groups in total. The predicted octanol–water partition coefficient (Wildman–Crippen LogP) is 10.2. The van der Waals surface area contributed by atoms with Crippen LogP contribution in [-0.2, 0) is 22.4 Å². The number of aliphatic carboxylic acids is 2. The largest absolute Gasteiger partial charge is 0.480 e. The molecule has 0 fully saturated rings. The number of pyridine rings is 1. The number of nitrogens with one attached hydrogen (secondary N) is 2. The summed E-state index contributed by atoms with van der Waals surface area (Å²) < 4.78 is 0. The Kier molecular flexibility index (Phi) is 17.1. The van der Waals surface area contributed by atoms with Crippen LogP contribution in [0.2, 0.25) is 0 Å². The number of aromatic nitrogens is 1. The monoisotopic (exact) mass is 943 g/mol. The molecule has 11 nitrogen and oxygen atoms in total. The van der Waals surface area contributed by atoms with Gasteiger partial charge in [-0.15, -0.1) is 23.5 Å². The molecular weight excluding hydrogens is 891 g/mol. The summed E-state index contributed by atoms with van der Waals surface area (Å²) in [5.74, 6) is 1.02. The van der Waals surface area contributed by atoms with Gasteiger partial charge < -0.3 is 30.6 Å². The lowest BCUT2D eigenvalue weighted by Gasteiger charge is -2.22. The maximum Gasteiger partial charge on any atom is 0.326 e. The lowest BCUT2D eigenvalue weighted by Crippen LogP contribution is -2.32. The number of carboxylic acid groups (broad SMARTS) is 2. The van der Waals surface area contributed by atoms with E-state index in [2.05, 4.69) is 20.4 Å². The third kappa shape index (κ3) is 13.4. The molecule has 2 unspecified atom stereocenters. The molecule has 7 rings (SSSR count). The lowest BCUT2D eigenvalue weighted by atomic mass is 10.00. The summed E-state index contributed by atoms with van der Waals surface area (Å²) >= 11 is 3.43. The van der Waals surface area contributed by atoms with Crippen molar-refractivity contribution in [1.29, 1.82) is 0 Å². The molecule has 0 spiro atoms. The van der Waals surface area contributed by atoms with Crippen LogP contribution in [0.25, 0.3) is 0 Å². The van der Waals surface area contributed by atoms with Crippen LogP contribution in [0.1, 0.15) is 43.0 Å². The number of carboxylic acids is 2. The van der Waals surface area contributed by atoms with Gasteiger partial charge in [0.15, 0.2) is 11.6 Å². The Bertz CT molecular complexity index is 2610. The van der Waals surface area contributed by atoms with Gasteiger partial charge in [0, 0.05) is 95.0 Å². The summed E-state index contributed by atoms with van der Waals surface area (Å²) in [6, 6.07) is 51.9. The fraction of sp³-hybridized carbons (Fsp3) is 0.182. The van der Waals surface area contributed by atoms with Crippen molar-refractivity contribution in [2.75, 3.05) is 59.1 Å². The molecule has 0 amide bonds. The maximum atomic E-state index is 13.2. The van der Waals surface area contributed by atoms with Crippen molar-refractivity contribution < 1.29 is 29.4 Å². The van der Waals surface area contributed by atoms with Gasteiger partial charge in [-0.05, 0) is 71.8 Å². The first-order valence-corrected chi connectivity index (χ1v) is 24.2. The van der Waals surface area contributed by atoms with Crippen molar-refractivity contribution in [3.05, 3.63) is 209 Å². The number of hydrogen-bond acceptors (Lipinski definition) is 11. The number of hydrogen-bond donors (Lipinski definition) is 4. The van der Waals surface area contributed by atoms with E-state index >= 15 is 0 Å². The first-order valence-electron chi connectivity index (χ1n) is 22.2. The van der Waals surface area contributed by atoms with Crippen molar-refractivity contribution in [1.82, 2.24) is 4.98 Å². The summed E-state index contributed by atoms with van der Waals surface area (Å²) in [4.78, 5) is 62.5. The molecule has 6 aromatic carbocycles. The van der Waals surface area contributed by atoms with Gasteiger partial charge in [0.25, 0.3) is 0 Å². The Morgan fingerprint density at radius 1 is 0.485 bits per heavy atom. The zero-order chi connectivity index (χ0) is 47.8. The standard InChI is InChI=1S/C55H53N5O6S2/c1-59(32-34-67-42-28-24-38(25-29-42)36-48(54(63)64)56-46-20-11-9-18-44(46)52(61)40-14-5-3-6-15-40)50-22-13-23-51(58-50)60(2)33-35-68-43-30-26-39(27-31-43)37-49(55(65)66)57-47-21-12-10-19-45(47)53(62)41-16-7-4-8-17-41/h3-31,48-49,56-57H,32-37H2,1-2H3,(H,63,64)(H,65,66). The van der Waals surface area contributed by atoms with Crippen LogP contribution in [0.3, 0.4) is 0 Å². The number of benzene rings is 6. The van der Waals surface area contributed by atoms with E-state index in [1.54, 1.807) is 121 Å². The van der Waals surface area contributed by atoms with E-state index in [1.165, 1.54) is 0 Å².